The van der Waals surface area contributed by atoms with E-state index in [1.807, 2.05) is 16.7 Å². The maximum absolute atomic E-state index is 12.9. The molecule has 1 aromatic rings. The topological polar surface area (TPSA) is 55.6 Å². The van der Waals surface area contributed by atoms with Gasteiger partial charge in [0.25, 0.3) is 5.91 Å². The highest BCUT2D eigenvalue weighted by atomic mass is 32.2. The van der Waals surface area contributed by atoms with Crippen LogP contribution in [0.15, 0.2) is 24.3 Å². The van der Waals surface area contributed by atoms with Crippen LogP contribution >= 0.6 is 11.8 Å². The molecule has 0 radical (unpaired) electrons. The number of hydrogen-bond acceptors (Lipinski definition) is 4. The van der Waals surface area contributed by atoms with E-state index < -0.39 is 0 Å². The van der Waals surface area contributed by atoms with Gasteiger partial charge in [-0.25, -0.2) is 0 Å². The number of carbonyl (C=O) groups is 1. The summed E-state index contributed by atoms with van der Waals surface area (Å²) in [6.45, 7) is 3.39. The summed E-state index contributed by atoms with van der Waals surface area (Å²) < 4.78 is 5.81. The fourth-order valence-corrected chi connectivity index (χ4v) is 4.27. The van der Waals surface area contributed by atoms with E-state index in [1.54, 1.807) is 0 Å². The van der Waals surface area contributed by atoms with Crippen molar-refractivity contribution in [1.82, 2.24) is 4.90 Å². The van der Waals surface area contributed by atoms with Crippen LogP contribution < -0.4 is 5.73 Å². The molecule has 0 aromatic heterocycles. The van der Waals surface area contributed by atoms with Crippen LogP contribution in [0.4, 0.5) is 0 Å². The monoisotopic (exact) mass is 320 g/mol. The number of aryl methyl sites for hydroxylation is 1. The van der Waals surface area contributed by atoms with Crippen molar-refractivity contribution in [3.8, 4) is 0 Å². The van der Waals surface area contributed by atoms with Crippen LogP contribution in [0.1, 0.15) is 30.0 Å². The maximum atomic E-state index is 12.9. The molecule has 0 bridgehead atoms. The normalized spacial score (nSPS) is 28.8. The van der Waals surface area contributed by atoms with Crippen molar-refractivity contribution < 1.29 is 9.53 Å². The first-order valence-electron chi connectivity index (χ1n) is 7.99. The van der Waals surface area contributed by atoms with E-state index in [2.05, 4.69) is 31.2 Å². The van der Waals surface area contributed by atoms with Gasteiger partial charge >= 0.3 is 0 Å². The summed E-state index contributed by atoms with van der Waals surface area (Å²) in [7, 11) is 0. The molecule has 2 saturated heterocycles. The van der Waals surface area contributed by atoms with Gasteiger partial charge in [0.05, 0.1) is 12.1 Å². The average Bonchev–Trinajstić information content (AvgIpc) is 3.04. The van der Waals surface area contributed by atoms with Crippen LogP contribution in [-0.4, -0.2) is 47.6 Å². The summed E-state index contributed by atoms with van der Waals surface area (Å²) in [5.41, 5.74) is 8.12. The van der Waals surface area contributed by atoms with Gasteiger partial charge in [0.2, 0.25) is 0 Å². The second kappa shape index (κ2) is 7.02. The molecule has 1 unspecified atom stereocenters. The Morgan fingerprint density at radius 2 is 2.14 bits per heavy atom. The number of rotatable bonds is 3. The molecule has 2 fully saturated rings. The van der Waals surface area contributed by atoms with Crippen molar-refractivity contribution >= 4 is 17.7 Å². The summed E-state index contributed by atoms with van der Waals surface area (Å²) in [6, 6.07) is 8.68. The van der Waals surface area contributed by atoms with E-state index in [-0.39, 0.29) is 24.2 Å². The van der Waals surface area contributed by atoms with Crippen LogP contribution in [0.2, 0.25) is 0 Å². The predicted molar refractivity (Wildman–Crippen MR) is 89.9 cm³/mol. The number of benzene rings is 1. The number of carbonyl (C=O) groups excluding carboxylic acids is 1. The van der Waals surface area contributed by atoms with Crippen LogP contribution in [0.3, 0.4) is 0 Å². The van der Waals surface area contributed by atoms with Gasteiger partial charge < -0.3 is 15.4 Å². The molecular formula is C17H24N2O2S. The Balaban J connectivity index is 1.75. The quantitative estimate of drug-likeness (QED) is 0.927. The smallest absolute Gasteiger partial charge is 0.252 e. The second-order valence-electron chi connectivity index (χ2n) is 6.09. The molecule has 120 valence electrons. The summed E-state index contributed by atoms with van der Waals surface area (Å²) in [5.74, 6) is 2.10. The van der Waals surface area contributed by atoms with E-state index in [4.69, 9.17) is 10.5 Å². The zero-order chi connectivity index (χ0) is 15.5. The van der Waals surface area contributed by atoms with Crippen LogP contribution in [0.5, 0.6) is 0 Å². The molecule has 5 heteroatoms. The highest BCUT2D eigenvalue weighted by Crippen LogP contribution is 2.32. The minimum absolute atomic E-state index is 0.0472. The number of ether oxygens (including phenoxy) is 1. The van der Waals surface area contributed by atoms with Gasteiger partial charge in [-0.15, -0.1) is 0 Å². The lowest BCUT2D eigenvalue weighted by atomic mass is 10.0. The Bertz CT molecular complexity index is 520. The molecule has 4 nitrogen and oxygen atoms in total. The fraction of sp³-hybridized carbons (Fsp3) is 0.588. The lowest BCUT2D eigenvalue weighted by Crippen LogP contribution is -2.46. The standard InChI is InChI=1S/C17H24N2O2S/c1-12-2-4-13(5-3-12)15-11-22-9-8-19(15)17(20)16-7-6-14(10-18)21-16/h2-5,14-16H,6-11,18H2,1H3/t14-,15?,16+/m1/s1. The molecule has 3 atom stereocenters. The van der Waals surface area contributed by atoms with Gasteiger partial charge in [0, 0.05) is 24.6 Å². The van der Waals surface area contributed by atoms with E-state index >= 15 is 0 Å². The maximum Gasteiger partial charge on any atom is 0.252 e. The SMILES string of the molecule is Cc1ccc(C2CSCCN2C(=O)[C@@H]2CC[C@H](CN)O2)cc1. The average molecular weight is 320 g/mol. The van der Waals surface area contributed by atoms with Gasteiger partial charge in [-0.1, -0.05) is 29.8 Å². The molecule has 0 saturated carbocycles. The number of hydrogen-bond donors (Lipinski definition) is 1. The molecule has 0 aliphatic carbocycles. The molecule has 0 spiro atoms. The van der Waals surface area contributed by atoms with Gasteiger partial charge in [-0.05, 0) is 25.3 Å². The van der Waals surface area contributed by atoms with E-state index in [0.717, 1.165) is 30.9 Å². The van der Waals surface area contributed by atoms with Crippen LogP contribution in [-0.2, 0) is 9.53 Å². The van der Waals surface area contributed by atoms with E-state index in [9.17, 15) is 4.79 Å². The Labute approximate surface area is 136 Å². The van der Waals surface area contributed by atoms with Gasteiger partial charge in [0.15, 0.2) is 0 Å². The van der Waals surface area contributed by atoms with Crippen molar-refractivity contribution in [2.75, 3.05) is 24.6 Å². The number of amides is 1. The largest absolute Gasteiger partial charge is 0.364 e. The molecular weight excluding hydrogens is 296 g/mol. The van der Waals surface area contributed by atoms with Crippen molar-refractivity contribution in [1.29, 1.82) is 0 Å². The lowest BCUT2D eigenvalue weighted by Gasteiger charge is -2.37. The first-order valence-corrected chi connectivity index (χ1v) is 9.15. The van der Waals surface area contributed by atoms with Gasteiger partial charge in [-0.3, -0.25) is 4.79 Å². The zero-order valence-electron chi connectivity index (χ0n) is 13.0. The third-order valence-corrected chi connectivity index (χ3v) is 5.54. The van der Waals surface area contributed by atoms with E-state index in [0.29, 0.717) is 6.54 Å². The van der Waals surface area contributed by atoms with Crippen molar-refractivity contribution in [3.05, 3.63) is 35.4 Å². The van der Waals surface area contributed by atoms with Gasteiger partial charge in [0.1, 0.15) is 6.10 Å². The molecule has 2 aliphatic rings. The zero-order valence-corrected chi connectivity index (χ0v) is 13.8. The molecule has 2 heterocycles. The molecule has 22 heavy (non-hydrogen) atoms. The van der Waals surface area contributed by atoms with Crippen molar-refractivity contribution in [2.24, 2.45) is 5.73 Å². The van der Waals surface area contributed by atoms with Crippen molar-refractivity contribution in [3.63, 3.8) is 0 Å². The Morgan fingerprint density at radius 3 is 2.82 bits per heavy atom. The summed E-state index contributed by atoms with van der Waals surface area (Å²) in [6.07, 6.45) is 1.44. The molecule has 2 N–H and O–H groups in total. The lowest BCUT2D eigenvalue weighted by molar-refractivity contribution is -0.144. The highest BCUT2D eigenvalue weighted by molar-refractivity contribution is 7.99. The van der Waals surface area contributed by atoms with E-state index in [1.165, 1.54) is 11.1 Å². The third-order valence-electron chi connectivity index (χ3n) is 4.52. The highest BCUT2D eigenvalue weighted by Gasteiger charge is 2.37. The Kier molecular flexibility index (Phi) is 5.06. The van der Waals surface area contributed by atoms with Crippen LogP contribution in [0.25, 0.3) is 0 Å². The first-order chi connectivity index (χ1) is 10.7. The van der Waals surface area contributed by atoms with Crippen molar-refractivity contribution in [2.45, 2.75) is 38.0 Å². The second-order valence-corrected chi connectivity index (χ2v) is 7.24. The minimum Gasteiger partial charge on any atom is -0.364 e. The minimum atomic E-state index is -0.301. The summed E-state index contributed by atoms with van der Waals surface area (Å²) >= 11 is 1.92. The molecule has 2 aliphatic heterocycles. The fourth-order valence-electron chi connectivity index (χ4n) is 3.18. The Morgan fingerprint density at radius 1 is 1.36 bits per heavy atom. The molecule has 3 rings (SSSR count). The molecule has 1 amide bonds. The van der Waals surface area contributed by atoms with Crippen LogP contribution in [0, 0.1) is 6.92 Å². The number of nitrogens with zero attached hydrogens (tertiary/aromatic N) is 1. The predicted octanol–water partition coefficient (Wildman–Crippen LogP) is 2.12. The molecule has 1 aromatic carbocycles. The summed E-state index contributed by atoms with van der Waals surface area (Å²) in [5, 5.41) is 0. The first kappa shape index (κ1) is 15.8. The summed E-state index contributed by atoms with van der Waals surface area (Å²) in [4.78, 5) is 14.9. The van der Waals surface area contributed by atoms with Gasteiger partial charge in [-0.2, -0.15) is 11.8 Å². The number of thioether (sulfide) groups is 1. The number of nitrogens with two attached hydrogens (primary N) is 1. The Hall–Kier alpha value is -1.04. The third kappa shape index (κ3) is 3.31.